The summed E-state index contributed by atoms with van der Waals surface area (Å²) in [5.41, 5.74) is 3.51. The van der Waals surface area contributed by atoms with Gasteiger partial charge in [-0.2, -0.15) is 0 Å². The van der Waals surface area contributed by atoms with Crippen LogP contribution >= 0.6 is 11.6 Å². The number of non-ortho nitro benzene ring substituents is 1. The molecule has 0 unspecified atom stereocenters. The molecule has 0 aliphatic heterocycles. The average Bonchev–Trinajstić information content (AvgIpc) is 2.71. The number of benzene rings is 3. The number of halogens is 1. The second-order valence-corrected chi connectivity index (χ2v) is 6.85. The molecule has 3 aromatic carbocycles. The van der Waals surface area contributed by atoms with Gasteiger partial charge in [-0.3, -0.25) is 15.1 Å². The summed E-state index contributed by atoms with van der Waals surface area (Å²) in [4.78, 5) is 14.6. The van der Waals surface area contributed by atoms with Crippen LogP contribution in [0, 0.1) is 10.1 Å². The fourth-order valence-corrected chi connectivity index (χ4v) is 3.07. The van der Waals surface area contributed by atoms with Crippen LogP contribution in [0.15, 0.2) is 71.7 Å². The molecule has 0 amide bonds. The number of phenolic OH excluding ortho intramolecular Hbond substituents is 1. The molecular formula is C22H20ClN3O3. The predicted octanol–water partition coefficient (Wildman–Crippen LogP) is 5.08. The summed E-state index contributed by atoms with van der Waals surface area (Å²) in [5, 5.41) is 24.2. The van der Waals surface area contributed by atoms with Crippen LogP contribution in [-0.4, -0.2) is 29.3 Å². The SMILES string of the molecule is O=[N+]([O-])c1ccc(NCCN=Cc2cc(Cc3ccccc3)ccc2O)c(Cl)c1. The first-order chi connectivity index (χ1) is 14.0. The maximum absolute atomic E-state index is 10.7. The lowest BCUT2D eigenvalue weighted by atomic mass is 10.0. The Balaban J connectivity index is 1.56. The van der Waals surface area contributed by atoms with Crippen LogP contribution in [0.4, 0.5) is 11.4 Å². The van der Waals surface area contributed by atoms with Gasteiger partial charge < -0.3 is 10.4 Å². The first-order valence-corrected chi connectivity index (χ1v) is 9.44. The Hall–Kier alpha value is -3.38. The number of aliphatic imine (C=N–C) groups is 1. The Morgan fingerprint density at radius 1 is 1.07 bits per heavy atom. The third-order valence-corrected chi connectivity index (χ3v) is 4.61. The number of phenols is 1. The van der Waals surface area contributed by atoms with E-state index in [1.165, 1.54) is 17.7 Å². The zero-order valence-electron chi connectivity index (χ0n) is 15.6. The van der Waals surface area contributed by atoms with E-state index in [1.54, 1.807) is 18.3 Å². The first kappa shape index (κ1) is 20.4. The summed E-state index contributed by atoms with van der Waals surface area (Å²) < 4.78 is 0. The van der Waals surface area contributed by atoms with Crippen LogP contribution < -0.4 is 5.32 Å². The van der Waals surface area contributed by atoms with Gasteiger partial charge in [-0.15, -0.1) is 0 Å². The van der Waals surface area contributed by atoms with E-state index in [2.05, 4.69) is 22.4 Å². The number of hydrogen-bond donors (Lipinski definition) is 2. The van der Waals surface area contributed by atoms with Crippen molar-refractivity contribution in [3.8, 4) is 5.75 Å². The lowest BCUT2D eigenvalue weighted by Crippen LogP contribution is -2.05. The molecule has 0 saturated heterocycles. The number of nitro benzene ring substituents is 1. The van der Waals surface area contributed by atoms with Crippen molar-refractivity contribution in [3.05, 3.63) is 98.6 Å². The van der Waals surface area contributed by atoms with Crippen molar-refractivity contribution >= 4 is 29.2 Å². The van der Waals surface area contributed by atoms with Crippen LogP contribution in [-0.2, 0) is 6.42 Å². The number of aromatic hydroxyl groups is 1. The number of rotatable bonds is 8. The molecule has 0 radical (unpaired) electrons. The molecule has 0 aliphatic rings. The molecule has 2 N–H and O–H groups in total. The number of nitrogens with one attached hydrogen (secondary N) is 1. The van der Waals surface area contributed by atoms with Crippen molar-refractivity contribution in [2.75, 3.05) is 18.4 Å². The van der Waals surface area contributed by atoms with Crippen LogP contribution in [0.25, 0.3) is 0 Å². The first-order valence-electron chi connectivity index (χ1n) is 9.06. The summed E-state index contributed by atoms with van der Waals surface area (Å²) in [5.74, 6) is 0.178. The van der Waals surface area contributed by atoms with Crippen LogP contribution in [0.5, 0.6) is 5.75 Å². The van der Waals surface area contributed by atoms with Crippen molar-refractivity contribution in [2.24, 2.45) is 4.99 Å². The molecule has 3 aromatic rings. The highest BCUT2D eigenvalue weighted by Gasteiger charge is 2.08. The Morgan fingerprint density at radius 2 is 1.86 bits per heavy atom. The van der Waals surface area contributed by atoms with Gasteiger partial charge in [0.1, 0.15) is 5.75 Å². The third-order valence-electron chi connectivity index (χ3n) is 4.29. The minimum atomic E-state index is -0.488. The van der Waals surface area contributed by atoms with Gasteiger partial charge >= 0.3 is 0 Å². The largest absolute Gasteiger partial charge is 0.507 e. The van der Waals surface area contributed by atoms with Gasteiger partial charge in [-0.1, -0.05) is 48.0 Å². The van der Waals surface area contributed by atoms with Gasteiger partial charge in [0, 0.05) is 30.5 Å². The molecule has 0 saturated carbocycles. The Morgan fingerprint density at radius 3 is 2.59 bits per heavy atom. The number of hydrogen-bond acceptors (Lipinski definition) is 5. The quantitative estimate of drug-likeness (QED) is 0.235. The van der Waals surface area contributed by atoms with Crippen molar-refractivity contribution in [1.82, 2.24) is 0 Å². The van der Waals surface area contributed by atoms with Gasteiger partial charge in [-0.25, -0.2) is 0 Å². The van der Waals surface area contributed by atoms with Gasteiger partial charge in [0.05, 0.1) is 22.2 Å². The zero-order valence-corrected chi connectivity index (χ0v) is 16.3. The van der Waals surface area contributed by atoms with Crippen molar-refractivity contribution in [2.45, 2.75) is 6.42 Å². The van der Waals surface area contributed by atoms with Gasteiger partial charge in [0.15, 0.2) is 0 Å². The van der Waals surface area contributed by atoms with Gasteiger partial charge in [0.25, 0.3) is 5.69 Å². The molecule has 6 nitrogen and oxygen atoms in total. The van der Waals surface area contributed by atoms with Crippen molar-refractivity contribution in [1.29, 1.82) is 0 Å². The average molecular weight is 410 g/mol. The van der Waals surface area contributed by atoms with Crippen molar-refractivity contribution in [3.63, 3.8) is 0 Å². The molecule has 0 fully saturated rings. The molecule has 0 spiro atoms. The Labute approximate surface area is 173 Å². The normalized spacial score (nSPS) is 10.9. The molecule has 29 heavy (non-hydrogen) atoms. The molecule has 0 aromatic heterocycles. The van der Waals surface area contributed by atoms with E-state index >= 15 is 0 Å². The number of nitrogens with zero attached hydrogens (tertiary/aromatic N) is 2. The van der Waals surface area contributed by atoms with Crippen molar-refractivity contribution < 1.29 is 10.0 Å². The minimum Gasteiger partial charge on any atom is -0.507 e. The molecule has 0 atom stereocenters. The summed E-state index contributed by atoms with van der Waals surface area (Å²) in [7, 11) is 0. The number of anilines is 1. The van der Waals surface area contributed by atoms with E-state index in [4.69, 9.17) is 11.6 Å². The molecule has 0 bridgehead atoms. The second kappa shape index (κ2) is 9.71. The maximum Gasteiger partial charge on any atom is 0.271 e. The lowest BCUT2D eigenvalue weighted by Gasteiger charge is -2.07. The fourth-order valence-electron chi connectivity index (χ4n) is 2.83. The summed E-state index contributed by atoms with van der Waals surface area (Å²) in [6.45, 7) is 0.953. The summed E-state index contributed by atoms with van der Waals surface area (Å²) in [6.07, 6.45) is 2.42. The summed E-state index contributed by atoms with van der Waals surface area (Å²) >= 11 is 6.05. The second-order valence-electron chi connectivity index (χ2n) is 6.44. The van der Waals surface area contributed by atoms with E-state index in [-0.39, 0.29) is 16.5 Å². The van der Waals surface area contributed by atoms with E-state index in [1.807, 2.05) is 30.3 Å². The highest BCUT2D eigenvalue weighted by atomic mass is 35.5. The topological polar surface area (TPSA) is 87.8 Å². The van der Waals surface area contributed by atoms with Crippen LogP contribution in [0.2, 0.25) is 5.02 Å². The number of nitro groups is 1. The fraction of sp³-hybridized carbons (Fsp3) is 0.136. The van der Waals surface area contributed by atoms with E-state index in [0.29, 0.717) is 24.3 Å². The summed E-state index contributed by atoms with van der Waals surface area (Å²) in [6, 6.07) is 19.9. The van der Waals surface area contributed by atoms with Gasteiger partial charge in [-0.05, 0) is 35.7 Å². The Kier molecular flexibility index (Phi) is 6.81. The predicted molar refractivity (Wildman–Crippen MR) is 116 cm³/mol. The molecular weight excluding hydrogens is 390 g/mol. The highest BCUT2D eigenvalue weighted by molar-refractivity contribution is 6.33. The smallest absolute Gasteiger partial charge is 0.271 e. The van der Waals surface area contributed by atoms with E-state index in [0.717, 1.165) is 12.0 Å². The zero-order chi connectivity index (χ0) is 20.6. The molecule has 3 rings (SSSR count). The molecule has 7 heteroatoms. The standard InChI is InChI=1S/C22H20ClN3O3/c23-20-14-19(26(28)29)7-8-21(20)25-11-10-24-15-18-13-17(6-9-22(18)27)12-16-4-2-1-3-5-16/h1-9,13-15,25,27H,10-12H2. The molecule has 0 heterocycles. The Bertz CT molecular complexity index is 1020. The van der Waals surface area contributed by atoms with Gasteiger partial charge in [0.2, 0.25) is 0 Å². The molecule has 0 aliphatic carbocycles. The monoisotopic (exact) mass is 409 g/mol. The van der Waals surface area contributed by atoms with Crippen LogP contribution in [0.3, 0.4) is 0 Å². The minimum absolute atomic E-state index is 0.0515. The van der Waals surface area contributed by atoms with Crippen LogP contribution in [0.1, 0.15) is 16.7 Å². The highest BCUT2D eigenvalue weighted by Crippen LogP contribution is 2.26. The molecule has 148 valence electrons. The van der Waals surface area contributed by atoms with E-state index < -0.39 is 4.92 Å². The third kappa shape index (κ3) is 5.80. The lowest BCUT2D eigenvalue weighted by molar-refractivity contribution is -0.384. The van der Waals surface area contributed by atoms with E-state index in [9.17, 15) is 15.2 Å². The maximum atomic E-state index is 10.7.